The highest BCUT2D eigenvalue weighted by Gasteiger charge is 2.13. The van der Waals surface area contributed by atoms with Gasteiger partial charge in [0, 0.05) is 31.4 Å². The minimum absolute atomic E-state index is 0.0426. The Morgan fingerprint density at radius 1 is 1.24 bits per heavy atom. The van der Waals surface area contributed by atoms with Gasteiger partial charge in [0.05, 0.1) is 18.9 Å². The van der Waals surface area contributed by atoms with E-state index in [1.54, 1.807) is 0 Å². The number of ketones is 1. The summed E-state index contributed by atoms with van der Waals surface area (Å²) in [5.74, 6) is 0.0426. The summed E-state index contributed by atoms with van der Waals surface area (Å²) >= 11 is 0. The molecule has 2 aromatic rings. The number of H-pyrrole nitrogens is 1. The van der Waals surface area contributed by atoms with Crippen molar-refractivity contribution in [2.75, 3.05) is 26.3 Å². The number of aromatic nitrogens is 1. The van der Waals surface area contributed by atoms with Crippen LogP contribution in [-0.4, -0.2) is 42.0 Å². The third-order valence-electron chi connectivity index (χ3n) is 3.80. The second-order valence-electron chi connectivity index (χ2n) is 5.51. The molecule has 0 spiro atoms. The number of aryl methyl sites for hydroxylation is 1. The maximum atomic E-state index is 12.3. The van der Waals surface area contributed by atoms with E-state index in [1.807, 2.05) is 43.5 Å². The Morgan fingerprint density at radius 3 is 2.57 bits per heavy atom. The summed E-state index contributed by atoms with van der Waals surface area (Å²) < 4.78 is 5.35. The zero-order valence-electron chi connectivity index (χ0n) is 12.3. The minimum Gasteiger partial charge on any atom is -0.379 e. The van der Waals surface area contributed by atoms with E-state index < -0.39 is 0 Å². The summed E-state index contributed by atoms with van der Waals surface area (Å²) in [4.78, 5) is 17.7. The van der Waals surface area contributed by atoms with Gasteiger partial charge in [-0.3, -0.25) is 9.69 Å². The zero-order valence-corrected chi connectivity index (χ0v) is 12.3. The number of ether oxygens (including phenoxy) is 1. The fourth-order valence-corrected chi connectivity index (χ4v) is 2.57. The number of rotatable bonds is 4. The number of nitrogens with one attached hydrogen (secondary N) is 1. The largest absolute Gasteiger partial charge is 0.379 e. The molecule has 0 aliphatic carbocycles. The number of morpholine rings is 1. The topological polar surface area (TPSA) is 45.3 Å². The number of carbonyl (C=O) groups excluding carboxylic acids is 1. The third-order valence-corrected chi connectivity index (χ3v) is 3.80. The number of nitrogens with zero attached hydrogens (tertiary/aromatic N) is 1. The Bertz CT molecular complexity index is 610. The molecule has 0 unspecified atom stereocenters. The highest BCUT2D eigenvalue weighted by atomic mass is 16.5. The molecular formula is C17H20N2O2. The van der Waals surface area contributed by atoms with Crippen molar-refractivity contribution in [3.8, 4) is 0 Å². The molecule has 1 saturated heterocycles. The van der Waals surface area contributed by atoms with Gasteiger partial charge >= 0.3 is 0 Å². The van der Waals surface area contributed by atoms with Gasteiger partial charge in [-0.15, -0.1) is 0 Å². The summed E-state index contributed by atoms with van der Waals surface area (Å²) in [7, 11) is 0. The van der Waals surface area contributed by atoms with Crippen LogP contribution in [0.25, 0.3) is 0 Å². The van der Waals surface area contributed by atoms with Crippen LogP contribution in [0.4, 0.5) is 0 Å². The highest BCUT2D eigenvalue weighted by Crippen LogP contribution is 2.13. The lowest BCUT2D eigenvalue weighted by atomic mass is 10.1. The quantitative estimate of drug-likeness (QED) is 0.877. The second-order valence-corrected chi connectivity index (χ2v) is 5.51. The average molecular weight is 284 g/mol. The molecule has 2 heterocycles. The normalized spacial score (nSPS) is 16.0. The maximum Gasteiger partial charge on any atom is 0.209 e. The average Bonchev–Trinajstić information content (AvgIpc) is 2.95. The molecule has 1 aromatic heterocycles. The van der Waals surface area contributed by atoms with E-state index in [4.69, 9.17) is 4.74 Å². The maximum absolute atomic E-state index is 12.3. The monoisotopic (exact) mass is 284 g/mol. The smallest absolute Gasteiger partial charge is 0.209 e. The first-order chi connectivity index (χ1) is 10.2. The fourth-order valence-electron chi connectivity index (χ4n) is 2.57. The minimum atomic E-state index is 0.0426. The van der Waals surface area contributed by atoms with Crippen LogP contribution in [0.15, 0.2) is 36.5 Å². The van der Waals surface area contributed by atoms with Gasteiger partial charge in [-0.25, -0.2) is 0 Å². The number of aromatic amines is 1. The molecule has 0 radical (unpaired) electrons. The summed E-state index contributed by atoms with van der Waals surface area (Å²) in [6.45, 7) is 6.45. The van der Waals surface area contributed by atoms with Gasteiger partial charge in [0.25, 0.3) is 0 Å². The Labute approximate surface area is 124 Å². The lowest BCUT2D eigenvalue weighted by Gasteiger charge is -2.26. The predicted molar refractivity (Wildman–Crippen MR) is 81.5 cm³/mol. The van der Waals surface area contributed by atoms with Crippen molar-refractivity contribution in [1.82, 2.24) is 9.88 Å². The Balaban J connectivity index is 1.67. The van der Waals surface area contributed by atoms with Crippen molar-refractivity contribution < 1.29 is 9.53 Å². The first kappa shape index (κ1) is 14.0. The molecule has 0 amide bonds. The van der Waals surface area contributed by atoms with Gasteiger partial charge in [0.1, 0.15) is 0 Å². The number of hydrogen-bond acceptors (Lipinski definition) is 3. The molecule has 1 N–H and O–H groups in total. The molecule has 4 nitrogen and oxygen atoms in total. The Hall–Kier alpha value is -1.91. The van der Waals surface area contributed by atoms with Crippen LogP contribution in [0.2, 0.25) is 0 Å². The summed E-state index contributed by atoms with van der Waals surface area (Å²) in [5.41, 5.74) is 3.68. The van der Waals surface area contributed by atoms with Gasteiger partial charge in [0.15, 0.2) is 0 Å². The lowest BCUT2D eigenvalue weighted by molar-refractivity contribution is 0.0342. The zero-order chi connectivity index (χ0) is 14.7. The van der Waals surface area contributed by atoms with E-state index in [0.29, 0.717) is 5.69 Å². The van der Waals surface area contributed by atoms with Crippen LogP contribution in [0.1, 0.15) is 27.2 Å². The molecule has 3 rings (SSSR count). The molecule has 4 heteroatoms. The van der Waals surface area contributed by atoms with Crippen molar-refractivity contribution in [1.29, 1.82) is 0 Å². The van der Waals surface area contributed by atoms with E-state index in [9.17, 15) is 4.79 Å². The van der Waals surface area contributed by atoms with Gasteiger partial charge in [-0.2, -0.15) is 0 Å². The highest BCUT2D eigenvalue weighted by molar-refractivity contribution is 6.07. The van der Waals surface area contributed by atoms with Crippen LogP contribution >= 0.6 is 0 Å². The molecular weight excluding hydrogens is 264 g/mol. The summed E-state index contributed by atoms with van der Waals surface area (Å²) in [5, 5.41) is 0. The van der Waals surface area contributed by atoms with Crippen LogP contribution in [0, 0.1) is 6.92 Å². The molecule has 1 aliphatic rings. The fraction of sp³-hybridized carbons (Fsp3) is 0.353. The summed E-state index contributed by atoms with van der Waals surface area (Å²) in [6, 6.07) is 9.78. The predicted octanol–water partition coefficient (Wildman–Crippen LogP) is 2.39. The van der Waals surface area contributed by atoms with Crippen molar-refractivity contribution in [2.24, 2.45) is 0 Å². The van der Waals surface area contributed by atoms with Crippen molar-refractivity contribution >= 4 is 5.78 Å². The Morgan fingerprint density at radius 2 is 1.95 bits per heavy atom. The third kappa shape index (κ3) is 3.40. The van der Waals surface area contributed by atoms with Crippen LogP contribution in [-0.2, 0) is 11.3 Å². The van der Waals surface area contributed by atoms with Gasteiger partial charge in [0.2, 0.25) is 5.78 Å². The summed E-state index contributed by atoms with van der Waals surface area (Å²) in [6.07, 6.45) is 1.85. The molecule has 1 aromatic carbocycles. The van der Waals surface area contributed by atoms with Crippen molar-refractivity contribution in [3.05, 3.63) is 58.9 Å². The lowest BCUT2D eigenvalue weighted by Crippen LogP contribution is -2.35. The van der Waals surface area contributed by atoms with Gasteiger partial charge in [-0.1, -0.05) is 24.3 Å². The first-order valence-corrected chi connectivity index (χ1v) is 7.31. The number of benzene rings is 1. The van der Waals surface area contributed by atoms with Gasteiger partial charge < -0.3 is 9.72 Å². The molecule has 110 valence electrons. The molecule has 0 saturated carbocycles. The molecule has 1 fully saturated rings. The standard InChI is InChI=1S/C17H20N2O2/c1-13-10-16(18-11-13)17(20)15-4-2-14(3-5-15)12-19-6-8-21-9-7-19/h2-5,10-11,18H,6-9,12H2,1H3. The SMILES string of the molecule is Cc1c[nH]c(C(=O)c2ccc(CN3CCOCC3)cc2)c1. The van der Waals surface area contributed by atoms with Crippen LogP contribution < -0.4 is 0 Å². The van der Waals surface area contributed by atoms with E-state index in [1.165, 1.54) is 5.56 Å². The van der Waals surface area contributed by atoms with E-state index in [0.717, 1.165) is 44.0 Å². The van der Waals surface area contributed by atoms with Crippen LogP contribution in [0.5, 0.6) is 0 Å². The Kier molecular flexibility index (Phi) is 4.18. The van der Waals surface area contributed by atoms with Crippen molar-refractivity contribution in [3.63, 3.8) is 0 Å². The second kappa shape index (κ2) is 6.24. The van der Waals surface area contributed by atoms with E-state index >= 15 is 0 Å². The van der Waals surface area contributed by atoms with E-state index in [2.05, 4.69) is 9.88 Å². The van der Waals surface area contributed by atoms with Crippen LogP contribution in [0.3, 0.4) is 0 Å². The van der Waals surface area contributed by atoms with Gasteiger partial charge in [-0.05, 0) is 24.1 Å². The molecule has 1 aliphatic heterocycles. The molecule has 0 bridgehead atoms. The first-order valence-electron chi connectivity index (χ1n) is 7.31. The number of carbonyl (C=O) groups is 1. The number of hydrogen-bond donors (Lipinski definition) is 1. The van der Waals surface area contributed by atoms with E-state index in [-0.39, 0.29) is 5.78 Å². The molecule has 0 atom stereocenters. The van der Waals surface area contributed by atoms with Crippen molar-refractivity contribution in [2.45, 2.75) is 13.5 Å². The molecule has 21 heavy (non-hydrogen) atoms.